The molecule has 0 atom stereocenters. The molecule has 0 unspecified atom stereocenters. The molecule has 0 saturated carbocycles. The van der Waals surface area contributed by atoms with Gasteiger partial charge in [0.05, 0.1) is 17.5 Å². The van der Waals surface area contributed by atoms with Crippen LogP contribution in [0, 0.1) is 0 Å². The molecule has 0 radical (unpaired) electrons. The summed E-state index contributed by atoms with van der Waals surface area (Å²) >= 11 is 3.42. The molecule has 34 heavy (non-hydrogen) atoms. The van der Waals surface area contributed by atoms with Crippen molar-refractivity contribution in [3.63, 3.8) is 0 Å². The molecule has 0 spiro atoms. The maximum absolute atomic E-state index is 12.3. The highest BCUT2D eigenvalue weighted by Crippen LogP contribution is 2.31. The standard InChI is InChI=1S/C24H19BrF3NO5/c1-2-32-22(30)14-15-3-12-21(20(25)13-15)33-18-10-6-17(7-11-18)29-23(31)16-4-8-19(9-5-16)34-24(26,27)28/h3-13H,2,14H2,1H3,(H,29,31). The van der Waals surface area contributed by atoms with Crippen LogP contribution in [0.25, 0.3) is 0 Å². The van der Waals surface area contributed by atoms with Crippen LogP contribution in [-0.2, 0) is 16.0 Å². The number of ether oxygens (including phenoxy) is 3. The minimum Gasteiger partial charge on any atom is -0.466 e. The summed E-state index contributed by atoms with van der Waals surface area (Å²) in [6.07, 6.45) is -4.65. The molecule has 178 valence electrons. The molecular formula is C24H19BrF3NO5. The molecule has 0 aliphatic rings. The van der Waals surface area contributed by atoms with Crippen molar-refractivity contribution in [2.45, 2.75) is 19.7 Å². The molecule has 3 aromatic rings. The fourth-order valence-electron chi connectivity index (χ4n) is 2.86. The van der Waals surface area contributed by atoms with Crippen LogP contribution in [0.15, 0.2) is 71.2 Å². The van der Waals surface area contributed by atoms with Crippen LogP contribution in [0.4, 0.5) is 18.9 Å². The van der Waals surface area contributed by atoms with Gasteiger partial charge in [-0.2, -0.15) is 0 Å². The first-order valence-corrected chi connectivity index (χ1v) is 10.8. The first-order chi connectivity index (χ1) is 16.1. The second-order valence-corrected chi connectivity index (χ2v) is 7.75. The number of carbonyl (C=O) groups is 2. The third-order valence-electron chi connectivity index (χ3n) is 4.34. The summed E-state index contributed by atoms with van der Waals surface area (Å²) in [6.45, 7) is 2.07. The van der Waals surface area contributed by atoms with E-state index in [1.54, 1.807) is 49.4 Å². The van der Waals surface area contributed by atoms with Gasteiger partial charge in [-0.1, -0.05) is 6.07 Å². The lowest BCUT2D eigenvalue weighted by Gasteiger charge is -2.11. The Morgan fingerprint density at radius 3 is 2.18 bits per heavy atom. The Morgan fingerprint density at radius 1 is 0.941 bits per heavy atom. The minimum absolute atomic E-state index is 0.152. The molecule has 0 heterocycles. The number of nitrogens with one attached hydrogen (secondary N) is 1. The maximum Gasteiger partial charge on any atom is 0.573 e. The monoisotopic (exact) mass is 537 g/mol. The summed E-state index contributed by atoms with van der Waals surface area (Å²) in [5.74, 6) is -0.180. The van der Waals surface area contributed by atoms with Gasteiger partial charge in [-0.15, -0.1) is 13.2 Å². The Hall–Kier alpha value is -3.53. The SMILES string of the molecule is CCOC(=O)Cc1ccc(Oc2ccc(NC(=O)c3ccc(OC(F)(F)F)cc3)cc2)c(Br)c1. The number of rotatable bonds is 8. The van der Waals surface area contributed by atoms with E-state index in [-0.39, 0.29) is 18.0 Å². The number of amides is 1. The van der Waals surface area contributed by atoms with Gasteiger partial charge in [0.25, 0.3) is 5.91 Å². The average Bonchev–Trinajstić information content (AvgIpc) is 2.76. The van der Waals surface area contributed by atoms with Crippen LogP contribution >= 0.6 is 15.9 Å². The highest BCUT2D eigenvalue weighted by atomic mass is 79.9. The predicted molar refractivity (Wildman–Crippen MR) is 122 cm³/mol. The number of hydrogen-bond acceptors (Lipinski definition) is 5. The van der Waals surface area contributed by atoms with Gasteiger partial charge in [-0.25, -0.2) is 0 Å². The normalized spacial score (nSPS) is 11.0. The third kappa shape index (κ3) is 7.51. The fourth-order valence-corrected chi connectivity index (χ4v) is 3.37. The quantitative estimate of drug-likeness (QED) is 0.332. The van der Waals surface area contributed by atoms with E-state index in [9.17, 15) is 22.8 Å². The van der Waals surface area contributed by atoms with Crippen LogP contribution in [0.3, 0.4) is 0 Å². The average molecular weight is 538 g/mol. The summed E-state index contributed by atoms with van der Waals surface area (Å²) in [6, 6.07) is 16.4. The van der Waals surface area contributed by atoms with E-state index in [4.69, 9.17) is 9.47 Å². The van der Waals surface area contributed by atoms with Gasteiger partial charge >= 0.3 is 12.3 Å². The van der Waals surface area contributed by atoms with Gasteiger partial charge in [0.1, 0.15) is 17.2 Å². The van der Waals surface area contributed by atoms with Crippen LogP contribution in [0.1, 0.15) is 22.8 Å². The zero-order chi connectivity index (χ0) is 24.7. The summed E-state index contributed by atoms with van der Waals surface area (Å²) in [5.41, 5.74) is 1.41. The molecule has 6 nitrogen and oxygen atoms in total. The van der Waals surface area contributed by atoms with E-state index >= 15 is 0 Å². The Bertz CT molecular complexity index is 1150. The number of esters is 1. The lowest BCUT2D eigenvalue weighted by atomic mass is 10.1. The summed E-state index contributed by atoms with van der Waals surface area (Å²) in [7, 11) is 0. The van der Waals surface area contributed by atoms with E-state index in [0.29, 0.717) is 28.3 Å². The highest BCUT2D eigenvalue weighted by molar-refractivity contribution is 9.10. The number of hydrogen-bond donors (Lipinski definition) is 1. The fraction of sp³-hybridized carbons (Fsp3) is 0.167. The summed E-state index contributed by atoms with van der Waals surface area (Å²) < 4.78 is 51.9. The molecule has 1 N–H and O–H groups in total. The third-order valence-corrected chi connectivity index (χ3v) is 4.96. The summed E-state index contributed by atoms with van der Waals surface area (Å²) in [5, 5.41) is 2.65. The highest BCUT2D eigenvalue weighted by Gasteiger charge is 2.31. The second kappa shape index (κ2) is 11.1. The van der Waals surface area contributed by atoms with Crippen molar-refractivity contribution in [2.24, 2.45) is 0 Å². The zero-order valence-corrected chi connectivity index (χ0v) is 19.4. The first kappa shape index (κ1) is 25.1. The van der Waals surface area contributed by atoms with Crippen LogP contribution < -0.4 is 14.8 Å². The molecule has 0 fully saturated rings. The van der Waals surface area contributed by atoms with E-state index in [1.807, 2.05) is 0 Å². The Balaban J connectivity index is 1.59. The number of anilines is 1. The van der Waals surface area contributed by atoms with Gasteiger partial charge in [0.15, 0.2) is 0 Å². The molecule has 0 saturated heterocycles. The van der Waals surface area contributed by atoms with Crippen LogP contribution in [0.2, 0.25) is 0 Å². The number of carbonyl (C=O) groups excluding carboxylic acids is 2. The molecule has 10 heteroatoms. The van der Waals surface area contributed by atoms with E-state index in [1.165, 1.54) is 12.1 Å². The molecule has 3 aromatic carbocycles. The van der Waals surface area contributed by atoms with Gasteiger partial charge in [0, 0.05) is 11.3 Å². The molecule has 0 aliphatic carbocycles. The Morgan fingerprint density at radius 2 is 1.59 bits per heavy atom. The molecule has 0 bridgehead atoms. The zero-order valence-electron chi connectivity index (χ0n) is 17.8. The van der Waals surface area contributed by atoms with Gasteiger partial charge in [-0.3, -0.25) is 9.59 Å². The molecule has 1 amide bonds. The van der Waals surface area contributed by atoms with Crippen molar-refractivity contribution < 1.29 is 37.0 Å². The van der Waals surface area contributed by atoms with Crippen molar-refractivity contribution in [1.82, 2.24) is 0 Å². The predicted octanol–water partition coefficient (Wildman–Crippen LogP) is 6.50. The smallest absolute Gasteiger partial charge is 0.466 e. The van der Waals surface area contributed by atoms with Crippen molar-refractivity contribution in [3.8, 4) is 17.2 Å². The first-order valence-electron chi connectivity index (χ1n) is 10.0. The molecule has 0 aromatic heterocycles. The largest absolute Gasteiger partial charge is 0.573 e. The van der Waals surface area contributed by atoms with Gasteiger partial charge in [-0.05, 0) is 89.1 Å². The van der Waals surface area contributed by atoms with Crippen LogP contribution in [-0.4, -0.2) is 24.8 Å². The van der Waals surface area contributed by atoms with E-state index in [0.717, 1.165) is 17.7 Å². The van der Waals surface area contributed by atoms with Crippen molar-refractivity contribution in [2.75, 3.05) is 11.9 Å². The van der Waals surface area contributed by atoms with Gasteiger partial charge < -0.3 is 19.5 Å². The van der Waals surface area contributed by atoms with Crippen LogP contribution in [0.5, 0.6) is 17.2 Å². The Labute approximate surface area is 201 Å². The topological polar surface area (TPSA) is 73.9 Å². The molecule has 0 aliphatic heterocycles. The number of alkyl halides is 3. The molecular weight excluding hydrogens is 519 g/mol. The Kier molecular flexibility index (Phi) is 8.17. The van der Waals surface area contributed by atoms with Crippen molar-refractivity contribution in [3.05, 3.63) is 82.3 Å². The number of halogens is 4. The van der Waals surface area contributed by atoms with E-state index in [2.05, 4.69) is 26.0 Å². The second-order valence-electron chi connectivity index (χ2n) is 6.90. The lowest BCUT2D eigenvalue weighted by molar-refractivity contribution is -0.274. The summed E-state index contributed by atoms with van der Waals surface area (Å²) in [4.78, 5) is 24.0. The maximum atomic E-state index is 12.3. The van der Waals surface area contributed by atoms with E-state index < -0.39 is 18.0 Å². The number of benzene rings is 3. The van der Waals surface area contributed by atoms with Crippen molar-refractivity contribution >= 4 is 33.5 Å². The molecule has 3 rings (SSSR count). The van der Waals surface area contributed by atoms with Crippen molar-refractivity contribution in [1.29, 1.82) is 0 Å². The minimum atomic E-state index is -4.80. The lowest BCUT2D eigenvalue weighted by Crippen LogP contribution is -2.17. The van der Waals surface area contributed by atoms with Gasteiger partial charge in [0.2, 0.25) is 0 Å².